The van der Waals surface area contributed by atoms with Crippen LogP contribution in [0.15, 0.2) is 47.3 Å². The molecule has 0 unspecified atom stereocenters. The molecule has 3 aromatic rings. The van der Waals surface area contributed by atoms with Crippen molar-refractivity contribution in [2.24, 2.45) is 0 Å². The Hall–Kier alpha value is -3.36. The number of aromatic amines is 1. The predicted molar refractivity (Wildman–Crippen MR) is 100 cm³/mol. The molecule has 0 bridgehead atoms. The largest absolute Gasteiger partial charge is 0.416 e. The summed E-state index contributed by atoms with van der Waals surface area (Å²) in [5.74, 6) is 0. The molecule has 0 saturated carbocycles. The van der Waals surface area contributed by atoms with E-state index < -0.39 is 23.3 Å². The van der Waals surface area contributed by atoms with E-state index in [9.17, 15) is 22.8 Å². The number of aromatic nitrogens is 2. The average Bonchev–Trinajstić information content (AvgIpc) is 2.64. The summed E-state index contributed by atoms with van der Waals surface area (Å²) < 4.78 is 38.3. The third kappa shape index (κ3) is 4.30. The zero-order valence-corrected chi connectivity index (χ0v) is 14.9. The van der Waals surface area contributed by atoms with Crippen LogP contribution in [0.3, 0.4) is 0 Å². The Labute approximate surface area is 157 Å². The normalized spacial score (nSPS) is 11.4. The fourth-order valence-electron chi connectivity index (χ4n) is 2.79. The van der Waals surface area contributed by atoms with Crippen LogP contribution in [0.1, 0.15) is 24.6 Å². The van der Waals surface area contributed by atoms with Gasteiger partial charge in [-0.05, 0) is 36.8 Å². The monoisotopic (exact) mass is 390 g/mol. The van der Waals surface area contributed by atoms with E-state index in [0.717, 1.165) is 24.2 Å². The van der Waals surface area contributed by atoms with Crippen LogP contribution < -0.4 is 16.2 Å². The minimum absolute atomic E-state index is 0.000364. The van der Waals surface area contributed by atoms with Gasteiger partial charge < -0.3 is 10.6 Å². The lowest BCUT2D eigenvalue weighted by Crippen LogP contribution is -2.20. The maximum absolute atomic E-state index is 12.8. The number of carbonyl (C=O) groups excluding carboxylic acids is 1. The van der Waals surface area contributed by atoms with Crippen LogP contribution in [0.4, 0.5) is 29.3 Å². The number of rotatable bonds is 4. The van der Waals surface area contributed by atoms with E-state index in [4.69, 9.17) is 0 Å². The summed E-state index contributed by atoms with van der Waals surface area (Å²) in [7, 11) is 0. The van der Waals surface area contributed by atoms with Crippen molar-refractivity contribution in [2.45, 2.75) is 25.9 Å². The zero-order valence-electron chi connectivity index (χ0n) is 14.9. The van der Waals surface area contributed by atoms with Gasteiger partial charge in [-0.3, -0.25) is 4.79 Å². The van der Waals surface area contributed by atoms with Crippen LogP contribution in [0, 0.1) is 0 Å². The maximum atomic E-state index is 12.8. The number of amides is 2. The van der Waals surface area contributed by atoms with E-state index in [0.29, 0.717) is 22.9 Å². The molecule has 3 N–H and O–H groups in total. The molecule has 0 atom stereocenters. The highest BCUT2D eigenvalue weighted by atomic mass is 19.4. The number of fused-ring (bicyclic) bond motifs is 1. The molecule has 146 valence electrons. The Morgan fingerprint density at radius 1 is 1.07 bits per heavy atom. The Kier molecular flexibility index (Phi) is 5.34. The highest BCUT2D eigenvalue weighted by Gasteiger charge is 2.30. The number of benzene rings is 2. The van der Waals surface area contributed by atoms with Crippen molar-refractivity contribution < 1.29 is 18.0 Å². The summed E-state index contributed by atoms with van der Waals surface area (Å²) in [4.78, 5) is 24.2. The number of anilines is 2. The summed E-state index contributed by atoms with van der Waals surface area (Å²) in [6, 6.07) is 8.38. The second kappa shape index (κ2) is 7.71. The van der Waals surface area contributed by atoms with Crippen molar-refractivity contribution in [2.75, 3.05) is 10.6 Å². The van der Waals surface area contributed by atoms with Crippen LogP contribution in [0.2, 0.25) is 0 Å². The van der Waals surface area contributed by atoms with Crippen molar-refractivity contribution in [3.63, 3.8) is 0 Å². The zero-order chi connectivity index (χ0) is 20.3. The van der Waals surface area contributed by atoms with Gasteiger partial charge in [-0.2, -0.15) is 18.3 Å². The Balaban J connectivity index is 1.80. The molecule has 0 radical (unpaired) electrons. The third-order valence-corrected chi connectivity index (χ3v) is 4.06. The van der Waals surface area contributed by atoms with Gasteiger partial charge >= 0.3 is 12.2 Å². The smallest absolute Gasteiger partial charge is 0.308 e. The molecule has 0 aliphatic rings. The van der Waals surface area contributed by atoms with Crippen molar-refractivity contribution in [1.29, 1.82) is 0 Å². The summed E-state index contributed by atoms with van der Waals surface area (Å²) in [6.45, 7) is 1.99. The van der Waals surface area contributed by atoms with Crippen molar-refractivity contribution >= 4 is 28.2 Å². The van der Waals surface area contributed by atoms with Crippen molar-refractivity contribution in [3.8, 4) is 0 Å². The SMILES string of the molecule is CCCc1n[nH]c(=O)c2cc(NC(=O)Nc3cccc(C(F)(F)F)c3)ccc12. The van der Waals surface area contributed by atoms with E-state index in [1.807, 2.05) is 6.92 Å². The van der Waals surface area contributed by atoms with E-state index in [2.05, 4.69) is 20.8 Å². The maximum Gasteiger partial charge on any atom is 0.416 e. The minimum atomic E-state index is -4.50. The molecular weight excluding hydrogens is 373 g/mol. The van der Waals surface area contributed by atoms with E-state index in [-0.39, 0.29) is 5.69 Å². The first-order chi connectivity index (χ1) is 13.3. The van der Waals surface area contributed by atoms with Crippen LogP contribution in [-0.4, -0.2) is 16.2 Å². The van der Waals surface area contributed by atoms with E-state index in [1.54, 1.807) is 12.1 Å². The molecule has 6 nitrogen and oxygen atoms in total. The van der Waals surface area contributed by atoms with Crippen LogP contribution in [0.25, 0.3) is 10.8 Å². The molecule has 3 rings (SSSR count). The predicted octanol–water partition coefficient (Wildman–Crippen LogP) is 4.54. The number of aryl methyl sites for hydroxylation is 1. The Morgan fingerprint density at radius 2 is 1.79 bits per heavy atom. The fraction of sp³-hybridized carbons (Fsp3) is 0.211. The van der Waals surface area contributed by atoms with Gasteiger partial charge in [0.2, 0.25) is 0 Å². The lowest BCUT2D eigenvalue weighted by atomic mass is 10.1. The lowest BCUT2D eigenvalue weighted by Gasteiger charge is -2.11. The molecule has 0 aliphatic heterocycles. The van der Waals surface area contributed by atoms with E-state index >= 15 is 0 Å². The van der Waals surface area contributed by atoms with Crippen LogP contribution >= 0.6 is 0 Å². The summed E-state index contributed by atoms with van der Waals surface area (Å²) in [6.07, 6.45) is -2.96. The number of hydrogen-bond donors (Lipinski definition) is 3. The van der Waals surface area contributed by atoms with Gasteiger partial charge in [-0.15, -0.1) is 0 Å². The number of carbonyl (C=O) groups is 1. The molecule has 0 saturated heterocycles. The van der Waals surface area contributed by atoms with Crippen molar-refractivity contribution in [3.05, 3.63) is 64.1 Å². The highest BCUT2D eigenvalue weighted by Crippen LogP contribution is 2.30. The average molecular weight is 390 g/mol. The molecule has 0 fully saturated rings. The highest BCUT2D eigenvalue weighted by molar-refractivity contribution is 6.01. The molecule has 28 heavy (non-hydrogen) atoms. The van der Waals surface area contributed by atoms with Crippen LogP contribution in [0.5, 0.6) is 0 Å². The number of hydrogen-bond acceptors (Lipinski definition) is 3. The van der Waals surface area contributed by atoms with Gasteiger partial charge in [0, 0.05) is 16.8 Å². The van der Waals surface area contributed by atoms with Gasteiger partial charge in [-0.1, -0.05) is 25.5 Å². The lowest BCUT2D eigenvalue weighted by molar-refractivity contribution is -0.137. The number of nitrogens with one attached hydrogen (secondary N) is 3. The summed E-state index contributed by atoms with van der Waals surface area (Å²) in [5, 5.41) is 12.4. The molecule has 0 spiro atoms. The first kappa shape index (κ1) is 19.4. The third-order valence-electron chi connectivity index (χ3n) is 4.06. The fourth-order valence-corrected chi connectivity index (χ4v) is 2.79. The molecule has 9 heteroatoms. The number of nitrogens with zero attached hydrogens (tertiary/aromatic N) is 1. The summed E-state index contributed by atoms with van der Waals surface area (Å²) >= 11 is 0. The molecule has 0 aliphatic carbocycles. The molecule has 1 heterocycles. The number of H-pyrrole nitrogens is 1. The topological polar surface area (TPSA) is 86.9 Å². The molecular formula is C19H17F3N4O2. The van der Waals surface area contributed by atoms with Crippen LogP contribution in [-0.2, 0) is 12.6 Å². The van der Waals surface area contributed by atoms with Gasteiger partial charge in [0.1, 0.15) is 0 Å². The molecule has 2 aromatic carbocycles. The van der Waals surface area contributed by atoms with Gasteiger partial charge in [-0.25, -0.2) is 9.89 Å². The summed E-state index contributed by atoms with van der Waals surface area (Å²) in [5.41, 5.74) is -0.177. The number of alkyl halides is 3. The number of urea groups is 1. The number of halogens is 3. The molecule has 1 aromatic heterocycles. The second-order valence-electron chi connectivity index (χ2n) is 6.17. The van der Waals surface area contributed by atoms with E-state index in [1.165, 1.54) is 18.2 Å². The standard InChI is InChI=1S/C19H17F3N4O2/c1-2-4-16-14-8-7-13(10-15(14)17(27)26-25-16)24-18(28)23-12-6-3-5-11(9-12)19(20,21)22/h3,5-10H,2,4H2,1H3,(H,26,27)(H2,23,24,28). The van der Waals surface area contributed by atoms with Gasteiger partial charge in [0.15, 0.2) is 0 Å². The quantitative estimate of drug-likeness (QED) is 0.611. The Bertz CT molecular complexity index is 1080. The minimum Gasteiger partial charge on any atom is -0.308 e. The van der Waals surface area contributed by atoms with Gasteiger partial charge in [0.05, 0.1) is 16.6 Å². The molecule has 2 amide bonds. The van der Waals surface area contributed by atoms with Crippen molar-refractivity contribution in [1.82, 2.24) is 10.2 Å². The second-order valence-corrected chi connectivity index (χ2v) is 6.17. The van der Waals surface area contributed by atoms with Gasteiger partial charge in [0.25, 0.3) is 5.56 Å². The Morgan fingerprint density at radius 3 is 2.46 bits per heavy atom. The first-order valence-electron chi connectivity index (χ1n) is 8.54. The first-order valence-corrected chi connectivity index (χ1v) is 8.54.